The first kappa shape index (κ1) is 20.6. The van der Waals surface area contributed by atoms with Gasteiger partial charge in [-0.2, -0.15) is 8.78 Å². The van der Waals surface area contributed by atoms with E-state index in [0.717, 1.165) is 18.4 Å². The monoisotopic (exact) mass is 403 g/mol. The third kappa shape index (κ3) is 5.22. The number of nitrogens with zero attached hydrogens (tertiary/aromatic N) is 1. The summed E-state index contributed by atoms with van der Waals surface area (Å²) in [5.74, 6) is -0.110. The molecule has 29 heavy (non-hydrogen) atoms. The number of hydrogen-bond acceptors (Lipinski definition) is 3. The Hall–Kier alpha value is -3.16. The van der Waals surface area contributed by atoms with Crippen molar-refractivity contribution in [1.29, 1.82) is 0 Å². The smallest absolute Gasteiger partial charge is 0.387 e. The van der Waals surface area contributed by atoms with E-state index < -0.39 is 12.6 Å². The van der Waals surface area contributed by atoms with Gasteiger partial charge >= 0.3 is 12.6 Å². The topological polar surface area (TPSA) is 70.7 Å². The van der Waals surface area contributed by atoms with Crippen molar-refractivity contribution in [2.45, 2.75) is 32.9 Å². The highest BCUT2D eigenvalue weighted by Crippen LogP contribution is 2.24. The Morgan fingerprint density at radius 3 is 2.55 bits per heavy atom. The molecular weight excluding hydrogens is 380 g/mol. The number of amides is 3. The van der Waals surface area contributed by atoms with Crippen LogP contribution in [0.25, 0.3) is 0 Å². The van der Waals surface area contributed by atoms with Gasteiger partial charge in [-0.25, -0.2) is 4.79 Å². The van der Waals surface area contributed by atoms with Crippen LogP contribution in [-0.4, -0.2) is 36.5 Å². The van der Waals surface area contributed by atoms with Crippen LogP contribution in [0.1, 0.15) is 34.3 Å². The van der Waals surface area contributed by atoms with Crippen LogP contribution in [0.5, 0.6) is 5.75 Å². The molecule has 0 spiro atoms. The number of benzene rings is 2. The summed E-state index contributed by atoms with van der Waals surface area (Å²) < 4.78 is 29.5. The molecule has 154 valence electrons. The van der Waals surface area contributed by atoms with Gasteiger partial charge in [-0.15, -0.1) is 0 Å². The van der Waals surface area contributed by atoms with Crippen LogP contribution in [0.4, 0.5) is 19.3 Å². The summed E-state index contributed by atoms with van der Waals surface area (Å²) >= 11 is 0. The summed E-state index contributed by atoms with van der Waals surface area (Å²) in [5.41, 5.74) is 2.05. The number of carbonyl (C=O) groups excluding carboxylic acids is 2. The zero-order valence-corrected chi connectivity index (χ0v) is 16.1. The number of hydrogen-bond donors (Lipinski definition) is 2. The van der Waals surface area contributed by atoms with Crippen molar-refractivity contribution in [1.82, 2.24) is 10.2 Å². The summed E-state index contributed by atoms with van der Waals surface area (Å²) in [7, 11) is 0. The highest BCUT2D eigenvalue weighted by atomic mass is 19.3. The summed E-state index contributed by atoms with van der Waals surface area (Å²) in [5, 5.41) is 5.35. The number of halogens is 2. The van der Waals surface area contributed by atoms with Crippen LogP contribution in [0, 0.1) is 6.92 Å². The van der Waals surface area contributed by atoms with E-state index in [1.54, 1.807) is 35.2 Å². The van der Waals surface area contributed by atoms with E-state index in [-0.39, 0.29) is 18.2 Å². The second-order valence-corrected chi connectivity index (χ2v) is 6.79. The lowest BCUT2D eigenvalue weighted by Gasteiger charge is -2.19. The summed E-state index contributed by atoms with van der Waals surface area (Å²) in [4.78, 5) is 27.0. The molecule has 0 aliphatic carbocycles. The highest BCUT2D eigenvalue weighted by Gasteiger charge is 2.23. The Kier molecular flexibility index (Phi) is 6.64. The molecule has 6 nitrogen and oxygen atoms in total. The molecule has 1 aliphatic heterocycles. The van der Waals surface area contributed by atoms with Crippen molar-refractivity contribution < 1.29 is 23.1 Å². The molecule has 0 bridgehead atoms. The van der Waals surface area contributed by atoms with Crippen LogP contribution in [0.3, 0.4) is 0 Å². The Morgan fingerprint density at radius 1 is 1.10 bits per heavy atom. The lowest BCUT2D eigenvalue weighted by atomic mass is 10.1. The molecule has 2 aromatic rings. The van der Waals surface area contributed by atoms with Crippen LogP contribution < -0.4 is 15.4 Å². The lowest BCUT2D eigenvalue weighted by molar-refractivity contribution is -0.0504. The van der Waals surface area contributed by atoms with Gasteiger partial charge in [-0.05, 0) is 37.5 Å². The van der Waals surface area contributed by atoms with Crippen molar-refractivity contribution in [3.8, 4) is 5.75 Å². The van der Waals surface area contributed by atoms with Gasteiger partial charge in [0, 0.05) is 25.2 Å². The predicted octanol–water partition coefficient (Wildman–Crippen LogP) is 4.15. The number of rotatable bonds is 6. The standard InChI is InChI=1S/C21H23F2N3O3/c1-14-7-6-9-16(19(27)26-11-4-5-12-26)18(14)25-21(28)24-13-15-8-2-3-10-17(15)29-20(22)23/h2-3,6-10,20H,4-5,11-13H2,1H3,(H2,24,25,28). The Bertz CT molecular complexity index is 883. The van der Waals surface area contributed by atoms with Crippen molar-refractivity contribution in [2.75, 3.05) is 18.4 Å². The van der Waals surface area contributed by atoms with E-state index in [4.69, 9.17) is 0 Å². The van der Waals surface area contributed by atoms with E-state index in [9.17, 15) is 18.4 Å². The number of urea groups is 1. The fourth-order valence-electron chi connectivity index (χ4n) is 3.30. The number of anilines is 1. The van der Waals surface area contributed by atoms with E-state index in [1.165, 1.54) is 6.07 Å². The van der Waals surface area contributed by atoms with Gasteiger partial charge in [0.2, 0.25) is 0 Å². The maximum Gasteiger partial charge on any atom is 0.387 e. The van der Waals surface area contributed by atoms with Gasteiger partial charge in [0.15, 0.2) is 0 Å². The Morgan fingerprint density at radius 2 is 1.83 bits per heavy atom. The molecule has 8 heteroatoms. The average molecular weight is 403 g/mol. The minimum atomic E-state index is -2.95. The maximum absolute atomic E-state index is 12.8. The third-order valence-electron chi connectivity index (χ3n) is 4.76. The molecular formula is C21H23F2N3O3. The van der Waals surface area contributed by atoms with Crippen molar-refractivity contribution in [3.05, 3.63) is 59.2 Å². The molecule has 0 aromatic heterocycles. The molecule has 1 aliphatic rings. The highest BCUT2D eigenvalue weighted by molar-refractivity contribution is 6.04. The number of carbonyl (C=O) groups is 2. The normalized spacial score (nSPS) is 13.4. The van der Waals surface area contributed by atoms with Crippen molar-refractivity contribution in [3.63, 3.8) is 0 Å². The number of likely N-dealkylation sites (tertiary alicyclic amines) is 1. The van der Waals surface area contributed by atoms with E-state index in [2.05, 4.69) is 15.4 Å². The van der Waals surface area contributed by atoms with Crippen LogP contribution in [0.15, 0.2) is 42.5 Å². The zero-order chi connectivity index (χ0) is 20.8. The molecule has 1 fully saturated rings. The first-order valence-corrected chi connectivity index (χ1v) is 9.42. The molecule has 3 amide bonds. The zero-order valence-electron chi connectivity index (χ0n) is 16.1. The van der Waals surface area contributed by atoms with E-state index in [1.807, 2.05) is 13.0 Å². The van der Waals surface area contributed by atoms with E-state index in [0.29, 0.717) is 29.9 Å². The Labute approximate surface area is 167 Å². The molecule has 0 atom stereocenters. The van der Waals surface area contributed by atoms with Crippen LogP contribution >= 0.6 is 0 Å². The lowest BCUT2D eigenvalue weighted by Crippen LogP contribution is -2.32. The molecule has 3 rings (SSSR count). The number of alkyl halides is 2. The van der Waals surface area contributed by atoms with Crippen molar-refractivity contribution >= 4 is 17.6 Å². The van der Waals surface area contributed by atoms with Gasteiger partial charge in [0.25, 0.3) is 5.91 Å². The second kappa shape index (κ2) is 9.36. The number of ether oxygens (including phenoxy) is 1. The number of aryl methyl sites for hydroxylation is 1. The molecule has 0 saturated carbocycles. The fourth-order valence-corrected chi connectivity index (χ4v) is 3.30. The van der Waals surface area contributed by atoms with Crippen LogP contribution in [-0.2, 0) is 6.54 Å². The molecule has 1 saturated heterocycles. The maximum atomic E-state index is 12.8. The average Bonchev–Trinajstić information content (AvgIpc) is 3.23. The van der Waals surface area contributed by atoms with Gasteiger partial charge in [-0.1, -0.05) is 30.3 Å². The number of para-hydroxylation sites is 2. The minimum Gasteiger partial charge on any atom is -0.434 e. The summed E-state index contributed by atoms with van der Waals surface area (Å²) in [6.07, 6.45) is 1.95. The molecule has 2 N–H and O–H groups in total. The van der Waals surface area contributed by atoms with Gasteiger partial charge in [0.1, 0.15) is 5.75 Å². The van der Waals surface area contributed by atoms with Gasteiger partial charge in [0.05, 0.1) is 11.3 Å². The largest absolute Gasteiger partial charge is 0.434 e. The molecule has 2 aromatic carbocycles. The van der Waals surface area contributed by atoms with E-state index >= 15 is 0 Å². The fraction of sp³-hybridized carbons (Fsp3) is 0.333. The first-order chi connectivity index (χ1) is 14.0. The molecule has 0 unspecified atom stereocenters. The summed E-state index contributed by atoms with van der Waals surface area (Å²) in [6, 6.07) is 11.0. The summed E-state index contributed by atoms with van der Waals surface area (Å²) in [6.45, 7) is 0.271. The van der Waals surface area contributed by atoms with Crippen molar-refractivity contribution in [2.24, 2.45) is 0 Å². The van der Waals surface area contributed by atoms with Gasteiger partial charge in [-0.3, -0.25) is 4.79 Å². The Balaban J connectivity index is 1.69. The number of nitrogens with one attached hydrogen (secondary N) is 2. The first-order valence-electron chi connectivity index (χ1n) is 9.42. The second-order valence-electron chi connectivity index (χ2n) is 6.79. The minimum absolute atomic E-state index is 0.00333. The predicted molar refractivity (Wildman–Crippen MR) is 105 cm³/mol. The SMILES string of the molecule is Cc1cccc(C(=O)N2CCCC2)c1NC(=O)NCc1ccccc1OC(F)F. The molecule has 0 radical (unpaired) electrons. The van der Waals surface area contributed by atoms with Gasteiger partial charge < -0.3 is 20.3 Å². The quantitative estimate of drug-likeness (QED) is 0.761. The molecule has 1 heterocycles. The van der Waals surface area contributed by atoms with Crippen LogP contribution in [0.2, 0.25) is 0 Å². The third-order valence-corrected chi connectivity index (χ3v) is 4.76.